The third kappa shape index (κ3) is 6.81. The molecule has 1 aliphatic heterocycles. The average molecular weight is 493 g/mol. The number of benzene rings is 1. The number of hydrogen-bond donors (Lipinski definition) is 2. The van der Waals surface area contributed by atoms with Gasteiger partial charge in [0.05, 0.1) is 13.7 Å². The van der Waals surface area contributed by atoms with E-state index in [1.165, 1.54) is 5.56 Å². The van der Waals surface area contributed by atoms with Crippen LogP contribution in [0, 0.1) is 6.92 Å². The Labute approximate surface area is 179 Å². The van der Waals surface area contributed by atoms with Gasteiger partial charge in [-0.05, 0) is 44.6 Å². The number of methoxy groups -OCH3 is 1. The van der Waals surface area contributed by atoms with Crippen LogP contribution in [0.2, 0.25) is 0 Å². The molecule has 0 radical (unpaired) electrons. The number of aryl methyl sites for hydroxylation is 1. The first kappa shape index (κ1) is 23.4. The predicted octanol–water partition coefficient (Wildman–Crippen LogP) is 3.59. The standard InChI is InChI=1S/C19H31N3O2S.HI/c1-5-20-18(22-14-19(25-4)8-10-24-11-9-19)21-13-16-7-6-15(2)12-17(16)23-3;/h6-7,12H,5,8-11,13-14H2,1-4H3,(H2,20,21,22);1H. The molecule has 0 amide bonds. The number of rotatable bonds is 7. The van der Waals surface area contributed by atoms with Crippen LogP contribution >= 0.6 is 35.7 Å². The molecule has 0 spiro atoms. The molecule has 0 atom stereocenters. The van der Waals surface area contributed by atoms with Gasteiger partial charge in [-0.1, -0.05) is 12.1 Å². The molecule has 0 aliphatic carbocycles. The van der Waals surface area contributed by atoms with Crippen molar-refractivity contribution in [3.8, 4) is 5.75 Å². The third-order valence-electron chi connectivity index (χ3n) is 4.61. The Balaban J connectivity index is 0.00000338. The van der Waals surface area contributed by atoms with E-state index in [0.717, 1.165) is 56.4 Å². The first-order chi connectivity index (χ1) is 12.1. The summed E-state index contributed by atoms with van der Waals surface area (Å²) in [6.07, 6.45) is 4.34. The molecule has 1 aromatic carbocycles. The largest absolute Gasteiger partial charge is 0.496 e. The fourth-order valence-electron chi connectivity index (χ4n) is 2.93. The fraction of sp³-hybridized carbons (Fsp3) is 0.632. The van der Waals surface area contributed by atoms with E-state index in [1.807, 2.05) is 11.8 Å². The van der Waals surface area contributed by atoms with Gasteiger partial charge in [-0.2, -0.15) is 11.8 Å². The molecular weight excluding hydrogens is 461 g/mol. The van der Waals surface area contributed by atoms with Crippen molar-refractivity contribution >= 4 is 41.7 Å². The normalized spacial score (nSPS) is 16.5. The van der Waals surface area contributed by atoms with Crippen molar-refractivity contribution in [1.82, 2.24) is 10.6 Å². The average Bonchev–Trinajstić information content (AvgIpc) is 2.65. The molecule has 5 nitrogen and oxygen atoms in total. The van der Waals surface area contributed by atoms with E-state index in [9.17, 15) is 0 Å². The molecule has 0 aromatic heterocycles. The zero-order chi connectivity index (χ0) is 18.1. The highest BCUT2D eigenvalue weighted by Gasteiger charge is 2.31. The Bertz CT molecular complexity index is 578. The Morgan fingerprint density at radius 1 is 1.31 bits per heavy atom. The number of nitrogens with one attached hydrogen (secondary N) is 2. The van der Waals surface area contributed by atoms with E-state index in [1.54, 1.807) is 7.11 Å². The van der Waals surface area contributed by atoms with Gasteiger partial charge in [0, 0.05) is 36.6 Å². The van der Waals surface area contributed by atoms with E-state index >= 15 is 0 Å². The van der Waals surface area contributed by atoms with Gasteiger partial charge in [0.1, 0.15) is 5.75 Å². The summed E-state index contributed by atoms with van der Waals surface area (Å²) in [5, 5.41) is 6.86. The molecule has 148 valence electrons. The van der Waals surface area contributed by atoms with E-state index in [4.69, 9.17) is 14.5 Å². The predicted molar refractivity (Wildman–Crippen MR) is 122 cm³/mol. The van der Waals surface area contributed by atoms with E-state index in [2.05, 4.69) is 48.9 Å². The van der Waals surface area contributed by atoms with Crippen LogP contribution in [0.15, 0.2) is 23.2 Å². The number of aliphatic imine (C=N–C) groups is 1. The molecule has 1 heterocycles. The van der Waals surface area contributed by atoms with Crippen LogP contribution in [0.1, 0.15) is 30.9 Å². The van der Waals surface area contributed by atoms with Crippen LogP contribution in [0.3, 0.4) is 0 Å². The van der Waals surface area contributed by atoms with Crippen LogP contribution in [-0.4, -0.2) is 50.4 Å². The van der Waals surface area contributed by atoms with Crippen LogP contribution < -0.4 is 15.4 Å². The summed E-state index contributed by atoms with van der Waals surface area (Å²) in [4.78, 5) is 4.75. The van der Waals surface area contributed by atoms with Gasteiger partial charge >= 0.3 is 0 Å². The van der Waals surface area contributed by atoms with Crippen molar-refractivity contribution in [3.63, 3.8) is 0 Å². The van der Waals surface area contributed by atoms with Gasteiger partial charge in [0.15, 0.2) is 5.96 Å². The Kier molecular flexibility index (Phi) is 10.7. The van der Waals surface area contributed by atoms with Crippen molar-refractivity contribution in [2.45, 2.75) is 38.0 Å². The zero-order valence-electron chi connectivity index (χ0n) is 16.3. The lowest BCUT2D eigenvalue weighted by molar-refractivity contribution is 0.0783. The van der Waals surface area contributed by atoms with Crippen molar-refractivity contribution in [3.05, 3.63) is 29.3 Å². The van der Waals surface area contributed by atoms with Crippen LogP contribution in [0.5, 0.6) is 5.75 Å². The van der Waals surface area contributed by atoms with Gasteiger partial charge in [0.25, 0.3) is 0 Å². The highest BCUT2D eigenvalue weighted by molar-refractivity contribution is 14.0. The molecule has 2 rings (SSSR count). The molecule has 1 aromatic rings. The first-order valence-electron chi connectivity index (χ1n) is 8.91. The minimum atomic E-state index is 0. The molecule has 1 fully saturated rings. The molecule has 1 saturated heterocycles. The Hall–Kier alpha value is -0.670. The molecule has 26 heavy (non-hydrogen) atoms. The van der Waals surface area contributed by atoms with E-state index in [-0.39, 0.29) is 28.7 Å². The topological polar surface area (TPSA) is 54.9 Å². The molecule has 0 saturated carbocycles. The minimum absolute atomic E-state index is 0. The molecule has 7 heteroatoms. The lowest BCUT2D eigenvalue weighted by atomic mass is 9.99. The third-order valence-corrected chi connectivity index (χ3v) is 6.03. The number of hydrogen-bond acceptors (Lipinski definition) is 4. The van der Waals surface area contributed by atoms with Gasteiger partial charge in [-0.15, -0.1) is 24.0 Å². The summed E-state index contributed by atoms with van der Waals surface area (Å²) in [7, 11) is 1.71. The first-order valence-corrected chi connectivity index (χ1v) is 10.1. The fourth-order valence-corrected chi connectivity index (χ4v) is 3.72. The molecule has 0 unspecified atom stereocenters. The second-order valence-electron chi connectivity index (χ2n) is 6.36. The Morgan fingerprint density at radius 2 is 2.04 bits per heavy atom. The summed E-state index contributed by atoms with van der Waals surface area (Å²) in [6.45, 7) is 8.17. The van der Waals surface area contributed by atoms with Crippen molar-refractivity contribution in [2.75, 3.05) is 39.7 Å². The highest BCUT2D eigenvalue weighted by atomic mass is 127. The van der Waals surface area contributed by atoms with Crippen LogP contribution in [-0.2, 0) is 11.3 Å². The lowest BCUT2D eigenvalue weighted by Crippen LogP contribution is -2.47. The van der Waals surface area contributed by atoms with Crippen molar-refractivity contribution < 1.29 is 9.47 Å². The van der Waals surface area contributed by atoms with Crippen LogP contribution in [0.4, 0.5) is 0 Å². The number of ether oxygens (including phenoxy) is 2. The maximum atomic E-state index is 5.52. The van der Waals surface area contributed by atoms with E-state index < -0.39 is 0 Å². The molecule has 2 N–H and O–H groups in total. The van der Waals surface area contributed by atoms with Gasteiger partial charge < -0.3 is 20.1 Å². The van der Waals surface area contributed by atoms with Crippen molar-refractivity contribution in [1.29, 1.82) is 0 Å². The maximum absolute atomic E-state index is 5.52. The lowest BCUT2D eigenvalue weighted by Gasteiger charge is -2.36. The van der Waals surface area contributed by atoms with E-state index in [0.29, 0.717) is 6.54 Å². The summed E-state index contributed by atoms with van der Waals surface area (Å²) < 4.78 is 11.2. The molecular formula is C19H32IN3O2S. The van der Waals surface area contributed by atoms with Gasteiger partial charge in [-0.3, -0.25) is 0 Å². The smallest absolute Gasteiger partial charge is 0.191 e. The van der Waals surface area contributed by atoms with Gasteiger partial charge in [-0.25, -0.2) is 4.99 Å². The van der Waals surface area contributed by atoms with Crippen LogP contribution in [0.25, 0.3) is 0 Å². The molecule has 0 bridgehead atoms. The molecule has 1 aliphatic rings. The minimum Gasteiger partial charge on any atom is -0.496 e. The highest BCUT2D eigenvalue weighted by Crippen LogP contribution is 2.33. The maximum Gasteiger partial charge on any atom is 0.191 e. The van der Waals surface area contributed by atoms with Gasteiger partial charge in [0.2, 0.25) is 0 Å². The summed E-state index contributed by atoms with van der Waals surface area (Å²) in [5.74, 6) is 1.75. The number of halogens is 1. The number of nitrogens with zero attached hydrogens (tertiary/aromatic N) is 1. The summed E-state index contributed by atoms with van der Waals surface area (Å²) >= 11 is 1.93. The quantitative estimate of drug-likeness (QED) is 0.346. The number of guanidine groups is 1. The summed E-state index contributed by atoms with van der Waals surface area (Å²) in [6, 6.07) is 6.23. The zero-order valence-corrected chi connectivity index (χ0v) is 19.4. The monoisotopic (exact) mass is 493 g/mol. The van der Waals surface area contributed by atoms with Crippen molar-refractivity contribution in [2.24, 2.45) is 4.99 Å². The SMILES string of the molecule is CCNC(=NCc1ccc(C)cc1OC)NCC1(SC)CCOCC1.I. The summed E-state index contributed by atoms with van der Waals surface area (Å²) in [5.41, 5.74) is 2.28. The second kappa shape index (κ2) is 11.9. The second-order valence-corrected chi connectivity index (χ2v) is 7.64. The Morgan fingerprint density at radius 3 is 2.65 bits per heavy atom. The number of thioether (sulfide) groups is 1.